The van der Waals surface area contributed by atoms with Crippen molar-refractivity contribution in [3.8, 4) is 16.9 Å². The largest absolute Gasteiger partial charge is 0.494 e. The summed E-state index contributed by atoms with van der Waals surface area (Å²) in [7, 11) is 3.51. The Morgan fingerprint density at radius 2 is 1.70 bits per heavy atom. The molecule has 11 nitrogen and oxygen atoms in total. The number of hydrogen-bond acceptors (Lipinski definition) is 6. The first-order valence-electron chi connectivity index (χ1n) is 18.8. The summed E-state index contributed by atoms with van der Waals surface area (Å²) in [5, 5.41) is 18.4. The Bertz CT molecular complexity index is 2470. The van der Waals surface area contributed by atoms with Crippen molar-refractivity contribution in [1.82, 2.24) is 18.9 Å². The number of carboxylic acid groups (broad SMARTS) is 1. The zero-order valence-electron chi connectivity index (χ0n) is 32.8. The van der Waals surface area contributed by atoms with E-state index in [1.165, 1.54) is 0 Å². The molecule has 1 aliphatic rings. The molecule has 1 atom stereocenters. The van der Waals surface area contributed by atoms with E-state index in [0.29, 0.717) is 60.0 Å². The van der Waals surface area contributed by atoms with Gasteiger partial charge in [-0.05, 0) is 88.4 Å². The maximum absolute atomic E-state index is 15.3. The average Bonchev–Trinajstić information content (AvgIpc) is 3.76. The molecule has 294 valence electrons. The molecular weight excluding hydrogens is 753 g/mol. The number of anilines is 1. The number of aromatic carboxylic acids is 1. The number of methoxy groups -OCH3 is 1. The van der Waals surface area contributed by atoms with Crippen molar-refractivity contribution in [1.29, 1.82) is 0 Å². The lowest BCUT2D eigenvalue weighted by Gasteiger charge is -2.34. The molecule has 0 unspecified atom stereocenters. The number of ether oxygens (including phenoxy) is 3. The molecule has 6 aromatic rings. The van der Waals surface area contributed by atoms with Crippen LogP contribution in [0.2, 0.25) is 10.0 Å². The summed E-state index contributed by atoms with van der Waals surface area (Å²) in [4.78, 5) is 30.2. The molecule has 0 saturated heterocycles. The number of carbonyl (C=O) groups excluding carboxylic acids is 1. The topological polar surface area (TPSA) is 113 Å². The number of hydrogen-bond donors (Lipinski definition) is 1. The van der Waals surface area contributed by atoms with Crippen molar-refractivity contribution in [3.63, 3.8) is 0 Å². The molecule has 0 spiro atoms. The molecule has 0 saturated carbocycles. The fourth-order valence-electron chi connectivity index (χ4n) is 8.33. The molecule has 0 aliphatic carbocycles. The highest BCUT2D eigenvalue weighted by Gasteiger charge is 2.40. The van der Waals surface area contributed by atoms with E-state index < -0.39 is 5.97 Å². The van der Waals surface area contributed by atoms with E-state index in [1.807, 2.05) is 88.0 Å². The molecule has 0 fully saturated rings. The van der Waals surface area contributed by atoms with Gasteiger partial charge in [-0.1, -0.05) is 47.5 Å². The number of carbonyl (C=O) groups is 2. The van der Waals surface area contributed by atoms with Crippen LogP contribution in [0.25, 0.3) is 32.9 Å². The van der Waals surface area contributed by atoms with Crippen molar-refractivity contribution in [2.24, 2.45) is 7.05 Å². The van der Waals surface area contributed by atoms with Crippen LogP contribution in [0.15, 0.2) is 48.5 Å². The summed E-state index contributed by atoms with van der Waals surface area (Å²) in [6.45, 7) is 12.0. The monoisotopic (exact) mass is 799 g/mol. The SMILES string of the molecule is COCCOCCn1c(C(=O)O)c(N2C[C@@H](C)n3c(c(CCCOc4cc(C)c(Cl)c(C)c4)c4ccc(Cl)c(-c5c(C)nn(C)c5C)c43)C2=O)c2ccccc21. The number of amides is 1. The van der Waals surface area contributed by atoms with Gasteiger partial charge in [0.2, 0.25) is 0 Å². The van der Waals surface area contributed by atoms with Crippen molar-refractivity contribution < 1.29 is 28.9 Å². The highest BCUT2D eigenvalue weighted by atomic mass is 35.5. The van der Waals surface area contributed by atoms with E-state index in [9.17, 15) is 9.90 Å². The fraction of sp³-hybridized carbons (Fsp3) is 0.372. The maximum Gasteiger partial charge on any atom is 0.354 e. The third-order valence-electron chi connectivity index (χ3n) is 10.9. The minimum Gasteiger partial charge on any atom is -0.494 e. The molecule has 1 N–H and O–H groups in total. The molecule has 0 bridgehead atoms. The van der Waals surface area contributed by atoms with Gasteiger partial charge in [0.15, 0.2) is 5.69 Å². The summed E-state index contributed by atoms with van der Waals surface area (Å²) >= 11 is 13.5. The first kappa shape index (κ1) is 39.4. The van der Waals surface area contributed by atoms with Crippen LogP contribution in [0.5, 0.6) is 5.75 Å². The summed E-state index contributed by atoms with van der Waals surface area (Å²) < 4.78 is 22.8. The van der Waals surface area contributed by atoms with Gasteiger partial charge in [-0.15, -0.1) is 0 Å². The minimum absolute atomic E-state index is 0.0421. The summed E-state index contributed by atoms with van der Waals surface area (Å²) in [6.07, 6.45) is 1.13. The third kappa shape index (κ3) is 6.84. The van der Waals surface area contributed by atoms with Gasteiger partial charge in [-0.25, -0.2) is 4.79 Å². The highest BCUT2D eigenvalue weighted by molar-refractivity contribution is 6.35. The van der Waals surface area contributed by atoms with Crippen LogP contribution in [0.3, 0.4) is 0 Å². The molecule has 3 aromatic heterocycles. The zero-order valence-corrected chi connectivity index (χ0v) is 34.3. The van der Waals surface area contributed by atoms with Crippen molar-refractivity contribution >= 4 is 62.6 Å². The van der Waals surface area contributed by atoms with Crippen LogP contribution >= 0.6 is 23.2 Å². The van der Waals surface area contributed by atoms with E-state index in [-0.39, 0.29) is 37.3 Å². The maximum atomic E-state index is 15.3. The molecule has 3 aromatic carbocycles. The number of benzene rings is 3. The van der Waals surface area contributed by atoms with E-state index in [1.54, 1.807) is 16.6 Å². The second kappa shape index (κ2) is 16.0. The Morgan fingerprint density at radius 3 is 2.38 bits per heavy atom. The van der Waals surface area contributed by atoms with Gasteiger partial charge in [0.1, 0.15) is 11.4 Å². The molecule has 7 rings (SSSR count). The summed E-state index contributed by atoms with van der Waals surface area (Å²) in [6, 6.07) is 15.0. The quantitative estimate of drug-likeness (QED) is 0.109. The number of fused-ring (bicyclic) bond motifs is 4. The number of para-hydroxylation sites is 1. The lowest BCUT2D eigenvalue weighted by atomic mass is 9.98. The third-order valence-corrected chi connectivity index (χ3v) is 11.8. The van der Waals surface area contributed by atoms with E-state index in [4.69, 9.17) is 42.5 Å². The number of halogens is 2. The normalized spacial score (nSPS) is 14.3. The smallest absolute Gasteiger partial charge is 0.354 e. The molecule has 1 aliphatic heterocycles. The van der Waals surface area contributed by atoms with Gasteiger partial charge in [0, 0.05) is 65.9 Å². The van der Waals surface area contributed by atoms with Gasteiger partial charge < -0.3 is 33.4 Å². The molecule has 4 heterocycles. The van der Waals surface area contributed by atoms with Crippen LogP contribution in [0, 0.1) is 27.7 Å². The second-order valence-electron chi connectivity index (χ2n) is 14.5. The van der Waals surface area contributed by atoms with E-state index >= 15 is 4.79 Å². The van der Waals surface area contributed by atoms with Crippen LogP contribution < -0.4 is 9.64 Å². The Labute approximate surface area is 336 Å². The summed E-state index contributed by atoms with van der Waals surface area (Å²) in [5.41, 5.74) is 8.79. The van der Waals surface area contributed by atoms with Gasteiger partial charge >= 0.3 is 5.97 Å². The Hall–Kier alpha value is -4.81. The van der Waals surface area contributed by atoms with Crippen LogP contribution in [-0.4, -0.2) is 76.0 Å². The Balaban J connectivity index is 1.37. The summed E-state index contributed by atoms with van der Waals surface area (Å²) in [5.74, 6) is -0.661. The minimum atomic E-state index is -1.12. The first-order chi connectivity index (χ1) is 26.8. The van der Waals surface area contributed by atoms with Crippen molar-refractivity contribution in [3.05, 3.63) is 98.0 Å². The number of aromatic nitrogens is 4. The predicted octanol–water partition coefficient (Wildman–Crippen LogP) is 9.13. The lowest BCUT2D eigenvalue weighted by molar-refractivity contribution is 0.0633. The van der Waals surface area contributed by atoms with Crippen LogP contribution in [-0.2, 0) is 29.5 Å². The molecule has 56 heavy (non-hydrogen) atoms. The average molecular weight is 801 g/mol. The van der Waals surface area contributed by atoms with E-state index in [2.05, 4.69) is 11.5 Å². The molecule has 0 radical (unpaired) electrons. The molecule has 13 heteroatoms. The van der Waals surface area contributed by atoms with Crippen molar-refractivity contribution in [2.75, 3.05) is 45.0 Å². The van der Waals surface area contributed by atoms with Gasteiger partial charge in [-0.3, -0.25) is 9.48 Å². The molecule has 1 amide bonds. The molecular formula is C43H47Cl2N5O6. The highest BCUT2D eigenvalue weighted by Crippen LogP contribution is 2.46. The standard InChI is InChI=1S/C43H47Cl2N5O6/c1-24-21-29(22-25(2)37(24)45)56-17-10-12-30-31-14-15-33(44)36(35-27(4)46-47(6)28(35)5)38(31)50-26(3)23-49(42(51)40(30)50)39-32-11-8-9-13-34(32)48(41(39)43(52)53)16-18-55-20-19-54-7/h8-9,11,13-15,21-22,26H,10,12,16-20,23H2,1-7H3,(H,52,53)/t26-/m1/s1. The Kier molecular flexibility index (Phi) is 11.2. The zero-order chi connectivity index (χ0) is 40.0. The lowest BCUT2D eigenvalue weighted by Crippen LogP contribution is -2.43. The van der Waals surface area contributed by atoms with Gasteiger partial charge in [0.05, 0.1) is 53.9 Å². The van der Waals surface area contributed by atoms with Crippen LogP contribution in [0.1, 0.15) is 68.4 Å². The second-order valence-corrected chi connectivity index (χ2v) is 15.3. The predicted molar refractivity (Wildman–Crippen MR) is 221 cm³/mol. The van der Waals surface area contributed by atoms with Crippen molar-refractivity contribution in [2.45, 2.75) is 60.0 Å². The fourth-order valence-corrected chi connectivity index (χ4v) is 8.69. The number of rotatable bonds is 14. The first-order valence-corrected chi connectivity index (χ1v) is 19.6. The van der Waals surface area contributed by atoms with Gasteiger partial charge in [-0.2, -0.15) is 5.10 Å². The van der Waals surface area contributed by atoms with Crippen LogP contribution in [0.4, 0.5) is 5.69 Å². The number of aryl methyl sites for hydroxylation is 5. The van der Waals surface area contributed by atoms with E-state index in [0.717, 1.165) is 60.9 Å². The van der Waals surface area contributed by atoms with Gasteiger partial charge in [0.25, 0.3) is 5.91 Å². The number of nitrogens with zero attached hydrogens (tertiary/aromatic N) is 5. The Morgan fingerprint density at radius 1 is 0.964 bits per heavy atom. The number of carboxylic acids is 1.